The van der Waals surface area contributed by atoms with Gasteiger partial charge in [0.25, 0.3) is 5.69 Å². The number of aliphatic hydroxyl groups is 1. The standard InChI is InChI=1S/C10H13BrN2O3/c1-7(14)5-12-6-8-2-3-9(13(15)16)4-10(8)11/h2-4,7,12,14H,5-6H2,1H3. The second-order valence-corrected chi connectivity index (χ2v) is 4.37. The van der Waals surface area contributed by atoms with E-state index in [4.69, 9.17) is 5.11 Å². The molecule has 0 aliphatic heterocycles. The van der Waals surface area contributed by atoms with Gasteiger partial charge in [-0.15, -0.1) is 0 Å². The van der Waals surface area contributed by atoms with E-state index in [0.717, 1.165) is 5.56 Å². The van der Waals surface area contributed by atoms with Gasteiger partial charge in [0.05, 0.1) is 11.0 Å². The first-order valence-electron chi connectivity index (χ1n) is 4.82. The predicted octanol–water partition coefficient (Wildman–Crippen LogP) is 1.83. The summed E-state index contributed by atoms with van der Waals surface area (Å²) in [6, 6.07) is 4.63. The molecule has 0 radical (unpaired) electrons. The van der Waals surface area contributed by atoms with Crippen molar-refractivity contribution in [1.82, 2.24) is 5.32 Å². The van der Waals surface area contributed by atoms with Crippen molar-refractivity contribution < 1.29 is 10.0 Å². The Labute approximate surface area is 102 Å². The van der Waals surface area contributed by atoms with Crippen LogP contribution in [0.25, 0.3) is 0 Å². The molecule has 5 nitrogen and oxygen atoms in total. The number of aliphatic hydroxyl groups excluding tert-OH is 1. The summed E-state index contributed by atoms with van der Waals surface area (Å²) in [5.41, 5.74) is 0.984. The fourth-order valence-electron chi connectivity index (χ4n) is 1.21. The minimum Gasteiger partial charge on any atom is -0.392 e. The van der Waals surface area contributed by atoms with Crippen molar-refractivity contribution in [1.29, 1.82) is 0 Å². The number of nitrogens with one attached hydrogen (secondary N) is 1. The molecule has 0 aliphatic carbocycles. The lowest BCUT2D eigenvalue weighted by Crippen LogP contribution is -2.23. The normalized spacial score (nSPS) is 12.4. The highest BCUT2D eigenvalue weighted by Crippen LogP contribution is 2.22. The molecule has 0 bridgehead atoms. The lowest BCUT2D eigenvalue weighted by Gasteiger charge is -2.08. The van der Waals surface area contributed by atoms with Gasteiger partial charge >= 0.3 is 0 Å². The Morgan fingerprint density at radius 1 is 1.62 bits per heavy atom. The van der Waals surface area contributed by atoms with E-state index in [1.807, 2.05) is 0 Å². The lowest BCUT2D eigenvalue weighted by molar-refractivity contribution is -0.384. The summed E-state index contributed by atoms with van der Waals surface area (Å²) >= 11 is 3.28. The Bertz CT molecular complexity index is 382. The van der Waals surface area contributed by atoms with Gasteiger partial charge in [-0.2, -0.15) is 0 Å². The highest BCUT2D eigenvalue weighted by molar-refractivity contribution is 9.10. The van der Waals surface area contributed by atoms with Crippen LogP contribution in [0.4, 0.5) is 5.69 Å². The van der Waals surface area contributed by atoms with Crippen LogP contribution in [0.2, 0.25) is 0 Å². The summed E-state index contributed by atoms with van der Waals surface area (Å²) in [5.74, 6) is 0. The van der Waals surface area contributed by atoms with Crippen LogP contribution in [0.3, 0.4) is 0 Å². The molecule has 0 aromatic heterocycles. The first-order chi connectivity index (χ1) is 7.50. The van der Waals surface area contributed by atoms with Gasteiger partial charge in [0.2, 0.25) is 0 Å². The number of hydrogen-bond donors (Lipinski definition) is 2. The van der Waals surface area contributed by atoms with Gasteiger partial charge in [-0.05, 0) is 18.6 Å². The van der Waals surface area contributed by atoms with Crippen LogP contribution in [0.1, 0.15) is 12.5 Å². The number of halogens is 1. The van der Waals surface area contributed by atoms with Gasteiger partial charge in [-0.25, -0.2) is 0 Å². The van der Waals surface area contributed by atoms with Gasteiger partial charge in [-0.3, -0.25) is 10.1 Å². The van der Waals surface area contributed by atoms with Crippen LogP contribution in [0.5, 0.6) is 0 Å². The summed E-state index contributed by atoms with van der Waals surface area (Å²) in [5, 5.41) is 22.6. The third kappa shape index (κ3) is 3.88. The summed E-state index contributed by atoms with van der Waals surface area (Å²) in [4.78, 5) is 10.1. The maximum Gasteiger partial charge on any atom is 0.270 e. The van der Waals surface area contributed by atoms with Crippen molar-refractivity contribution in [2.45, 2.75) is 19.6 Å². The smallest absolute Gasteiger partial charge is 0.270 e. The third-order valence-electron chi connectivity index (χ3n) is 2.00. The summed E-state index contributed by atoms with van der Waals surface area (Å²) in [6.45, 7) is 2.74. The fourth-order valence-corrected chi connectivity index (χ4v) is 1.72. The minimum atomic E-state index is -0.433. The molecule has 2 N–H and O–H groups in total. The molecule has 1 rings (SSSR count). The summed E-state index contributed by atoms with van der Waals surface area (Å²) in [7, 11) is 0. The molecule has 16 heavy (non-hydrogen) atoms. The third-order valence-corrected chi connectivity index (χ3v) is 2.74. The Morgan fingerprint density at radius 3 is 2.81 bits per heavy atom. The highest BCUT2D eigenvalue weighted by Gasteiger charge is 2.08. The van der Waals surface area contributed by atoms with Crippen LogP contribution >= 0.6 is 15.9 Å². The first-order valence-corrected chi connectivity index (χ1v) is 5.61. The molecule has 1 unspecified atom stereocenters. The first kappa shape index (κ1) is 13.1. The molecule has 0 amide bonds. The summed E-state index contributed by atoms with van der Waals surface area (Å²) < 4.78 is 0.694. The molecule has 0 heterocycles. The number of benzene rings is 1. The van der Waals surface area contributed by atoms with Gasteiger partial charge in [0, 0.05) is 29.7 Å². The molecule has 1 atom stereocenters. The molecule has 1 aromatic rings. The van der Waals surface area contributed by atoms with Crippen molar-refractivity contribution in [2.24, 2.45) is 0 Å². The average Bonchev–Trinajstić information content (AvgIpc) is 2.19. The largest absolute Gasteiger partial charge is 0.392 e. The molecule has 0 saturated heterocycles. The van der Waals surface area contributed by atoms with Crippen molar-refractivity contribution in [3.63, 3.8) is 0 Å². The molecule has 88 valence electrons. The zero-order valence-electron chi connectivity index (χ0n) is 8.81. The van der Waals surface area contributed by atoms with Crippen molar-refractivity contribution >= 4 is 21.6 Å². The average molecular weight is 289 g/mol. The van der Waals surface area contributed by atoms with Crippen LogP contribution < -0.4 is 5.32 Å². The predicted molar refractivity (Wildman–Crippen MR) is 64.2 cm³/mol. The number of nitrogens with zero attached hydrogens (tertiary/aromatic N) is 1. The van der Waals surface area contributed by atoms with E-state index in [2.05, 4.69) is 21.2 Å². The Balaban J connectivity index is 2.64. The van der Waals surface area contributed by atoms with Crippen molar-refractivity contribution in [3.8, 4) is 0 Å². The van der Waals surface area contributed by atoms with Crippen LogP contribution in [0.15, 0.2) is 22.7 Å². The Morgan fingerprint density at radius 2 is 2.31 bits per heavy atom. The van der Waals surface area contributed by atoms with Gasteiger partial charge in [0.1, 0.15) is 0 Å². The van der Waals surface area contributed by atoms with E-state index >= 15 is 0 Å². The Kier molecular flexibility index (Phi) is 4.85. The number of rotatable bonds is 5. The van der Waals surface area contributed by atoms with Gasteiger partial charge in [-0.1, -0.05) is 15.9 Å². The second-order valence-electron chi connectivity index (χ2n) is 3.51. The SMILES string of the molecule is CC(O)CNCc1ccc([N+](=O)[O-])cc1Br. The molecule has 1 aromatic carbocycles. The van der Waals surface area contributed by atoms with E-state index in [-0.39, 0.29) is 5.69 Å². The van der Waals surface area contributed by atoms with Crippen LogP contribution in [-0.2, 0) is 6.54 Å². The van der Waals surface area contributed by atoms with E-state index in [0.29, 0.717) is 17.6 Å². The van der Waals surface area contributed by atoms with Crippen molar-refractivity contribution in [2.75, 3.05) is 6.54 Å². The molecule has 0 fully saturated rings. The van der Waals surface area contributed by atoms with Crippen LogP contribution in [0, 0.1) is 10.1 Å². The maximum absolute atomic E-state index is 10.5. The maximum atomic E-state index is 10.5. The Hall–Kier alpha value is -0.980. The minimum absolute atomic E-state index is 0.0613. The monoisotopic (exact) mass is 288 g/mol. The highest BCUT2D eigenvalue weighted by atomic mass is 79.9. The van der Waals surface area contributed by atoms with Gasteiger partial charge in [0.15, 0.2) is 0 Å². The van der Waals surface area contributed by atoms with E-state index in [1.54, 1.807) is 13.0 Å². The molecule has 0 spiro atoms. The zero-order chi connectivity index (χ0) is 12.1. The quantitative estimate of drug-likeness (QED) is 0.640. The summed E-state index contributed by atoms with van der Waals surface area (Å²) in [6.07, 6.45) is -0.406. The van der Waals surface area contributed by atoms with Crippen molar-refractivity contribution in [3.05, 3.63) is 38.3 Å². The second kappa shape index (κ2) is 5.93. The molecular formula is C10H13BrN2O3. The molecule has 0 aliphatic rings. The van der Waals surface area contributed by atoms with Gasteiger partial charge < -0.3 is 10.4 Å². The number of hydrogen-bond acceptors (Lipinski definition) is 4. The zero-order valence-corrected chi connectivity index (χ0v) is 10.4. The number of non-ortho nitro benzene ring substituents is 1. The van der Waals surface area contributed by atoms with E-state index < -0.39 is 11.0 Å². The molecular weight excluding hydrogens is 276 g/mol. The fraction of sp³-hybridized carbons (Fsp3) is 0.400. The van der Waals surface area contributed by atoms with Crippen LogP contribution in [-0.4, -0.2) is 22.7 Å². The molecule has 6 heteroatoms. The number of nitro groups is 1. The number of nitro benzene ring substituents is 1. The lowest BCUT2D eigenvalue weighted by atomic mass is 10.2. The van der Waals surface area contributed by atoms with E-state index in [1.165, 1.54) is 12.1 Å². The topological polar surface area (TPSA) is 75.4 Å². The molecule has 0 saturated carbocycles. The van der Waals surface area contributed by atoms with E-state index in [9.17, 15) is 10.1 Å².